The number of carbonyl (C=O) groups excluding carboxylic acids is 1. The van der Waals surface area contributed by atoms with Gasteiger partial charge in [0.15, 0.2) is 0 Å². The fourth-order valence-electron chi connectivity index (χ4n) is 4.18. The molecule has 2 atom stereocenters. The lowest BCUT2D eigenvalue weighted by Crippen LogP contribution is -2.55. The van der Waals surface area contributed by atoms with Crippen molar-refractivity contribution in [3.63, 3.8) is 0 Å². The first-order chi connectivity index (χ1) is 9.74. The third-order valence-electron chi connectivity index (χ3n) is 5.18. The van der Waals surface area contributed by atoms with E-state index in [9.17, 15) is 4.79 Å². The first-order valence-electron chi connectivity index (χ1n) is 7.28. The molecule has 1 spiro atoms. The summed E-state index contributed by atoms with van der Waals surface area (Å²) in [5.41, 5.74) is 3.85. The lowest BCUT2D eigenvalue weighted by Gasteiger charge is -2.50. The van der Waals surface area contributed by atoms with Gasteiger partial charge in [-0.15, -0.1) is 0 Å². The van der Waals surface area contributed by atoms with Crippen molar-refractivity contribution in [3.8, 4) is 0 Å². The third kappa shape index (κ3) is 1.52. The molecule has 0 bridgehead atoms. The van der Waals surface area contributed by atoms with Crippen molar-refractivity contribution >= 4 is 5.97 Å². The molecule has 4 nitrogen and oxygen atoms in total. The minimum absolute atomic E-state index is 0.0882. The summed E-state index contributed by atoms with van der Waals surface area (Å²) in [7, 11) is 1.76. The summed E-state index contributed by atoms with van der Waals surface area (Å²) in [6, 6.07) is 0. The monoisotopic (exact) mass is 273 g/mol. The zero-order chi connectivity index (χ0) is 13.7. The minimum Gasteiger partial charge on any atom is -0.461 e. The van der Waals surface area contributed by atoms with Crippen molar-refractivity contribution in [1.82, 2.24) is 4.90 Å². The SMILES string of the molecule is COC1C=CC2=CCN3CCC4=C(CC(=O)OC4)[C@]23C1. The average Bonchev–Trinajstić information content (AvgIpc) is 2.86. The second-order valence-electron chi connectivity index (χ2n) is 5.97. The summed E-state index contributed by atoms with van der Waals surface area (Å²) < 4.78 is 10.8. The summed E-state index contributed by atoms with van der Waals surface area (Å²) in [6.45, 7) is 2.50. The summed E-state index contributed by atoms with van der Waals surface area (Å²) >= 11 is 0. The smallest absolute Gasteiger partial charge is 0.310 e. The van der Waals surface area contributed by atoms with Crippen LogP contribution in [0.15, 0.2) is 34.9 Å². The summed E-state index contributed by atoms with van der Waals surface area (Å²) in [6.07, 6.45) is 9.12. The van der Waals surface area contributed by atoms with Gasteiger partial charge in [0.05, 0.1) is 18.1 Å². The Morgan fingerprint density at radius 1 is 1.50 bits per heavy atom. The van der Waals surface area contributed by atoms with E-state index < -0.39 is 0 Å². The van der Waals surface area contributed by atoms with Crippen LogP contribution in [0.1, 0.15) is 19.3 Å². The van der Waals surface area contributed by atoms with E-state index in [0.717, 1.165) is 25.9 Å². The second-order valence-corrected chi connectivity index (χ2v) is 5.97. The highest BCUT2D eigenvalue weighted by atomic mass is 16.5. The van der Waals surface area contributed by atoms with Gasteiger partial charge in [0.1, 0.15) is 6.61 Å². The van der Waals surface area contributed by atoms with E-state index >= 15 is 0 Å². The van der Waals surface area contributed by atoms with Crippen LogP contribution >= 0.6 is 0 Å². The highest BCUT2D eigenvalue weighted by molar-refractivity contribution is 5.76. The lowest BCUT2D eigenvalue weighted by atomic mass is 9.69. The van der Waals surface area contributed by atoms with Crippen molar-refractivity contribution in [2.75, 3.05) is 26.8 Å². The Morgan fingerprint density at radius 2 is 2.40 bits per heavy atom. The molecule has 106 valence electrons. The molecule has 4 rings (SSSR count). The van der Waals surface area contributed by atoms with Gasteiger partial charge in [0, 0.05) is 26.6 Å². The number of nitrogens with zero attached hydrogens (tertiary/aromatic N) is 1. The maximum absolute atomic E-state index is 11.8. The Bertz CT molecular complexity index is 560. The van der Waals surface area contributed by atoms with Crippen LogP contribution in [0.3, 0.4) is 0 Å². The number of carbonyl (C=O) groups is 1. The Morgan fingerprint density at radius 3 is 3.25 bits per heavy atom. The molecule has 0 amide bonds. The number of ether oxygens (including phenoxy) is 2. The van der Waals surface area contributed by atoms with E-state index in [0.29, 0.717) is 13.0 Å². The molecule has 20 heavy (non-hydrogen) atoms. The van der Waals surface area contributed by atoms with Gasteiger partial charge >= 0.3 is 5.97 Å². The van der Waals surface area contributed by atoms with Crippen LogP contribution in [0.4, 0.5) is 0 Å². The fraction of sp³-hybridized carbons (Fsp3) is 0.562. The molecule has 0 saturated heterocycles. The van der Waals surface area contributed by atoms with Crippen LogP contribution in [0.25, 0.3) is 0 Å². The zero-order valence-corrected chi connectivity index (χ0v) is 11.7. The number of hydrogen-bond donors (Lipinski definition) is 0. The topological polar surface area (TPSA) is 38.8 Å². The van der Waals surface area contributed by atoms with E-state index in [1.807, 2.05) is 0 Å². The molecule has 0 fully saturated rings. The highest BCUT2D eigenvalue weighted by Gasteiger charge is 2.52. The number of methoxy groups -OCH3 is 1. The Hall–Kier alpha value is -1.39. The first kappa shape index (κ1) is 12.4. The first-order valence-corrected chi connectivity index (χ1v) is 7.28. The van der Waals surface area contributed by atoms with Gasteiger partial charge in [0.25, 0.3) is 0 Å². The Labute approximate surface area is 118 Å². The third-order valence-corrected chi connectivity index (χ3v) is 5.18. The molecule has 4 aliphatic rings. The number of esters is 1. The second kappa shape index (κ2) is 4.30. The predicted octanol–water partition coefficient (Wildman–Crippen LogP) is 1.59. The Balaban J connectivity index is 1.85. The van der Waals surface area contributed by atoms with Crippen molar-refractivity contribution in [3.05, 3.63) is 34.9 Å². The van der Waals surface area contributed by atoms with Crippen LogP contribution in [-0.4, -0.2) is 49.3 Å². The van der Waals surface area contributed by atoms with E-state index in [1.54, 1.807) is 7.11 Å². The molecule has 0 radical (unpaired) electrons. The molecule has 3 heterocycles. The molecule has 3 aliphatic heterocycles. The molecule has 1 unspecified atom stereocenters. The molecule has 0 aromatic heterocycles. The van der Waals surface area contributed by atoms with Crippen LogP contribution < -0.4 is 0 Å². The fourth-order valence-corrected chi connectivity index (χ4v) is 4.18. The molecule has 0 N–H and O–H groups in total. The minimum atomic E-state index is -0.109. The lowest BCUT2D eigenvalue weighted by molar-refractivity contribution is -0.143. The summed E-state index contributed by atoms with van der Waals surface area (Å²) in [5, 5.41) is 0. The van der Waals surface area contributed by atoms with Gasteiger partial charge in [-0.25, -0.2) is 0 Å². The molecule has 1 aliphatic carbocycles. The van der Waals surface area contributed by atoms with Gasteiger partial charge in [-0.2, -0.15) is 0 Å². The van der Waals surface area contributed by atoms with Gasteiger partial charge in [-0.05, 0) is 23.1 Å². The van der Waals surface area contributed by atoms with Crippen molar-refractivity contribution in [2.24, 2.45) is 0 Å². The van der Waals surface area contributed by atoms with Gasteiger partial charge in [0.2, 0.25) is 0 Å². The Kier molecular flexibility index (Phi) is 2.66. The molecular weight excluding hydrogens is 254 g/mol. The van der Waals surface area contributed by atoms with E-state index in [2.05, 4.69) is 23.1 Å². The number of cyclic esters (lactones) is 1. The summed E-state index contributed by atoms with van der Waals surface area (Å²) in [5.74, 6) is -0.0882. The normalized spacial score (nSPS) is 36.1. The van der Waals surface area contributed by atoms with E-state index in [1.165, 1.54) is 16.7 Å². The van der Waals surface area contributed by atoms with E-state index in [4.69, 9.17) is 9.47 Å². The van der Waals surface area contributed by atoms with Crippen LogP contribution in [-0.2, 0) is 14.3 Å². The van der Waals surface area contributed by atoms with Crippen LogP contribution in [0, 0.1) is 0 Å². The predicted molar refractivity (Wildman–Crippen MR) is 74.2 cm³/mol. The average molecular weight is 273 g/mol. The quantitative estimate of drug-likeness (QED) is 0.537. The number of hydrogen-bond acceptors (Lipinski definition) is 4. The van der Waals surface area contributed by atoms with Gasteiger partial charge < -0.3 is 9.47 Å². The zero-order valence-electron chi connectivity index (χ0n) is 11.7. The van der Waals surface area contributed by atoms with Gasteiger partial charge in [-0.1, -0.05) is 18.2 Å². The van der Waals surface area contributed by atoms with Crippen molar-refractivity contribution in [1.29, 1.82) is 0 Å². The van der Waals surface area contributed by atoms with Crippen LogP contribution in [0.5, 0.6) is 0 Å². The maximum atomic E-state index is 11.8. The van der Waals surface area contributed by atoms with E-state index in [-0.39, 0.29) is 17.6 Å². The molecule has 0 saturated carbocycles. The molecule has 4 heteroatoms. The molecule has 0 aromatic rings. The van der Waals surface area contributed by atoms with Crippen molar-refractivity contribution < 1.29 is 14.3 Å². The molecular formula is C16H19NO3. The standard InChI is InChI=1S/C16H19NO3/c1-19-13-3-2-12-5-7-17-6-4-11-10-20-15(18)8-14(11)16(12,17)9-13/h2-3,5,13H,4,6-10H2,1H3/t13?,16-/m0/s1. The van der Waals surface area contributed by atoms with Crippen LogP contribution in [0.2, 0.25) is 0 Å². The summed E-state index contributed by atoms with van der Waals surface area (Å²) in [4.78, 5) is 14.3. The van der Waals surface area contributed by atoms with Crippen molar-refractivity contribution in [2.45, 2.75) is 30.9 Å². The molecule has 0 aromatic carbocycles. The number of rotatable bonds is 1. The van der Waals surface area contributed by atoms with Gasteiger partial charge in [-0.3, -0.25) is 9.69 Å². The highest BCUT2D eigenvalue weighted by Crippen LogP contribution is 2.50. The maximum Gasteiger partial charge on any atom is 0.310 e. The largest absolute Gasteiger partial charge is 0.461 e.